The molecule has 0 fully saturated rings. The monoisotopic (exact) mass is 451 g/mol. The summed E-state index contributed by atoms with van der Waals surface area (Å²) in [5.74, 6) is 0.555. The maximum absolute atomic E-state index is 13.3. The fourth-order valence-electron chi connectivity index (χ4n) is 3.84. The molecule has 8 nitrogen and oxygen atoms in total. The molecule has 0 N–H and O–H groups in total. The molecule has 0 saturated carbocycles. The molecule has 0 amide bonds. The molecule has 0 aliphatic rings. The van der Waals surface area contributed by atoms with Crippen molar-refractivity contribution in [2.45, 2.75) is 13.5 Å². The van der Waals surface area contributed by atoms with Gasteiger partial charge in [0.15, 0.2) is 11.5 Å². The first-order valence-corrected chi connectivity index (χ1v) is 10.7. The van der Waals surface area contributed by atoms with E-state index < -0.39 is 5.97 Å². The lowest BCUT2D eigenvalue weighted by atomic mass is 10.0. The minimum absolute atomic E-state index is 0.000799. The molecule has 0 bridgehead atoms. The molecule has 168 valence electrons. The molecule has 5 rings (SSSR count). The van der Waals surface area contributed by atoms with Crippen LogP contribution >= 0.6 is 0 Å². The van der Waals surface area contributed by atoms with Crippen molar-refractivity contribution in [1.82, 2.24) is 25.2 Å². The predicted molar refractivity (Wildman–Crippen MR) is 129 cm³/mol. The number of esters is 1. The summed E-state index contributed by atoms with van der Waals surface area (Å²) in [5, 5.41) is 14.6. The summed E-state index contributed by atoms with van der Waals surface area (Å²) in [7, 11) is 1.59. The molecule has 3 aromatic carbocycles. The number of benzene rings is 3. The number of nitrogens with zero attached hydrogens (tertiary/aromatic N) is 5. The van der Waals surface area contributed by atoms with Crippen molar-refractivity contribution in [3.05, 3.63) is 89.9 Å². The van der Waals surface area contributed by atoms with Crippen LogP contribution in [-0.4, -0.2) is 38.3 Å². The number of aryl methyl sites for hydroxylation is 1. The standard InChI is InChI=1S/C26H21N5O3/c1-17-28-29-30-31(17)25(15-18-8-7-9-19(14-18)33-2)26(32)34-16-24-22-12-4-3-10-20(22)21-11-5-6-13-23(21)27-24/h3-15H,16H2,1-2H3/b25-15+. The molecule has 0 saturated heterocycles. The fourth-order valence-corrected chi connectivity index (χ4v) is 3.84. The van der Waals surface area contributed by atoms with Gasteiger partial charge in [-0.1, -0.05) is 54.6 Å². The molecule has 0 aliphatic heterocycles. The third kappa shape index (κ3) is 4.09. The fraction of sp³-hybridized carbons (Fsp3) is 0.115. The first kappa shape index (κ1) is 21.3. The number of tetrazole rings is 1. The maximum atomic E-state index is 13.3. The molecular weight excluding hydrogens is 430 g/mol. The number of fused-ring (bicyclic) bond motifs is 3. The van der Waals surface area contributed by atoms with Gasteiger partial charge in [0.25, 0.3) is 0 Å². The SMILES string of the molecule is COc1cccc(/C=C(\C(=O)OCc2nc3ccccc3c3ccccc23)n2nnnc2C)c1. The van der Waals surface area contributed by atoms with Gasteiger partial charge in [0.2, 0.25) is 0 Å². The Morgan fingerprint density at radius 3 is 2.50 bits per heavy atom. The van der Waals surface area contributed by atoms with E-state index in [1.165, 1.54) is 4.68 Å². The average Bonchev–Trinajstić information content (AvgIpc) is 3.31. The van der Waals surface area contributed by atoms with Gasteiger partial charge < -0.3 is 9.47 Å². The molecule has 2 aromatic heterocycles. The van der Waals surface area contributed by atoms with Crippen molar-refractivity contribution in [3.8, 4) is 5.75 Å². The van der Waals surface area contributed by atoms with Crippen LogP contribution in [-0.2, 0) is 16.1 Å². The largest absolute Gasteiger partial charge is 0.497 e. The van der Waals surface area contributed by atoms with Gasteiger partial charge in [0, 0.05) is 10.8 Å². The Morgan fingerprint density at radius 1 is 0.971 bits per heavy atom. The minimum Gasteiger partial charge on any atom is -0.497 e. The number of methoxy groups -OCH3 is 1. The number of pyridine rings is 1. The van der Waals surface area contributed by atoms with Crippen molar-refractivity contribution in [2.75, 3.05) is 7.11 Å². The zero-order valence-electron chi connectivity index (χ0n) is 18.7. The summed E-state index contributed by atoms with van der Waals surface area (Å²) in [6, 6.07) is 23.2. The second kappa shape index (κ2) is 9.11. The lowest BCUT2D eigenvalue weighted by molar-refractivity contribution is -0.138. The molecule has 8 heteroatoms. The Morgan fingerprint density at radius 2 is 1.74 bits per heavy atom. The number of hydrogen-bond acceptors (Lipinski definition) is 7. The van der Waals surface area contributed by atoms with E-state index in [2.05, 4.69) is 15.5 Å². The summed E-state index contributed by atoms with van der Waals surface area (Å²) in [6.07, 6.45) is 1.67. The van der Waals surface area contributed by atoms with Crippen molar-refractivity contribution in [1.29, 1.82) is 0 Å². The highest BCUT2D eigenvalue weighted by Crippen LogP contribution is 2.27. The summed E-state index contributed by atoms with van der Waals surface area (Å²) < 4.78 is 12.4. The number of carbonyl (C=O) groups excluding carboxylic acids is 1. The molecule has 0 unspecified atom stereocenters. The van der Waals surface area contributed by atoms with Crippen LogP contribution in [0.2, 0.25) is 0 Å². The lowest BCUT2D eigenvalue weighted by Crippen LogP contribution is -2.15. The van der Waals surface area contributed by atoms with Gasteiger partial charge in [0.05, 0.1) is 18.3 Å². The average molecular weight is 451 g/mol. The van der Waals surface area contributed by atoms with Gasteiger partial charge in [-0.3, -0.25) is 0 Å². The highest BCUT2D eigenvalue weighted by molar-refractivity contribution is 6.15. The first-order valence-electron chi connectivity index (χ1n) is 10.7. The van der Waals surface area contributed by atoms with E-state index in [-0.39, 0.29) is 12.3 Å². The quantitative estimate of drug-likeness (QED) is 0.214. The second-order valence-corrected chi connectivity index (χ2v) is 7.64. The number of aromatic nitrogens is 5. The molecule has 0 radical (unpaired) electrons. The smallest absolute Gasteiger partial charge is 0.357 e. The zero-order valence-corrected chi connectivity index (χ0v) is 18.7. The highest BCUT2D eigenvalue weighted by atomic mass is 16.5. The van der Waals surface area contributed by atoms with E-state index >= 15 is 0 Å². The van der Waals surface area contributed by atoms with Crippen LogP contribution in [0.1, 0.15) is 17.1 Å². The summed E-state index contributed by atoms with van der Waals surface area (Å²) >= 11 is 0. The summed E-state index contributed by atoms with van der Waals surface area (Å²) in [6.45, 7) is 1.71. The van der Waals surface area contributed by atoms with Gasteiger partial charge >= 0.3 is 5.97 Å². The van der Waals surface area contributed by atoms with E-state index in [1.807, 2.05) is 72.8 Å². The van der Waals surface area contributed by atoms with Gasteiger partial charge in [-0.25, -0.2) is 9.78 Å². The third-order valence-electron chi connectivity index (χ3n) is 5.49. The van der Waals surface area contributed by atoms with Crippen LogP contribution in [0.5, 0.6) is 5.75 Å². The Labute approximate surface area is 195 Å². The molecule has 2 heterocycles. The summed E-state index contributed by atoms with van der Waals surface area (Å²) in [4.78, 5) is 18.0. The van der Waals surface area contributed by atoms with E-state index in [0.717, 1.165) is 27.2 Å². The Bertz CT molecular complexity index is 1540. The topological polar surface area (TPSA) is 92.0 Å². The number of para-hydroxylation sites is 1. The van der Waals surface area contributed by atoms with Crippen molar-refractivity contribution in [2.24, 2.45) is 0 Å². The van der Waals surface area contributed by atoms with Crippen LogP contribution in [0.25, 0.3) is 33.4 Å². The van der Waals surface area contributed by atoms with Crippen molar-refractivity contribution >= 4 is 39.4 Å². The Hall–Kier alpha value is -4.59. The predicted octanol–water partition coefficient (Wildman–Crippen LogP) is 4.43. The molecule has 0 aliphatic carbocycles. The molecule has 5 aromatic rings. The third-order valence-corrected chi connectivity index (χ3v) is 5.49. The van der Waals surface area contributed by atoms with E-state index in [4.69, 9.17) is 14.5 Å². The van der Waals surface area contributed by atoms with Crippen molar-refractivity contribution in [3.63, 3.8) is 0 Å². The van der Waals surface area contributed by atoms with Gasteiger partial charge in [-0.15, -0.1) is 5.10 Å². The number of hydrogen-bond donors (Lipinski definition) is 0. The van der Waals surface area contributed by atoms with Gasteiger partial charge in [0.1, 0.15) is 12.4 Å². The van der Waals surface area contributed by atoms with Gasteiger partial charge in [-0.2, -0.15) is 4.68 Å². The van der Waals surface area contributed by atoms with E-state index in [1.54, 1.807) is 20.1 Å². The molecular formula is C26H21N5O3. The number of rotatable bonds is 6. The van der Waals surface area contributed by atoms with E-state index in [0.29, 0.717) is 17.3 Å². The van der Waals surface area contributed by atoms with E-state index in [9.17, 15) is 4.79 Å². The molecule has 0 atom stereocenters. The second-order valence-electron chi connectivity index (χ2n) is 7.64. The first-order chi connectivity index (χ1) is 16.6. The highest BCUT2D eigenvalue weighted by Gasteiger charge is 2.19. The Kier molecular flexibility index (Phi) is 5.70. The molecule has 0 spiro atoms. The maximum Gasteiger partial charge on any atom is 0.357 e. The van der Waals surface area contributed by atoms with Crippen LogP contribution in [0.3, 0.4) is 0 Å². The minimum atomic E-state index is -0.572. The number of ether oxygens (including phenoxy) is 2. The van der Waals surface area contributed by atoms with Crippen LogP contribution in [0.15, 0.2) is 72.8 Å². The Balaban J connectivity index is 1.50. The molecule has 34 heavy (non-hydrogen) atoms. The van der Waals surface area contributed by atoms with Crippen LogP contribution < -0.4 is 4.74 Å². The van der Waals surface area contributed by atoms with Gasteiger partial charge in [-0.05, 0) is 52.6 Å². The number of carbonyl (C=O) groups is 1. The lowest BCUT2D eigenvalue weighted by Gasteiger charge is -2.12. The zero-order chi connectivity index (χ0) is 23.5. The summed E-state index contributed by atoms with van der Waals surface area (Å²) in [5.41, 5.74) is 2.45. The van der Waals surface area contributed by atoms with Crippen LogP contribution in [0, 0.1) is 6.92 Å². The normalized spacial score (nSPS) is 11.6. The van der Waals surface area contributed by atoms with Crippen molar-refractivity contribution < 1.29 is 14.3 Å². The van der Waals surface area contributed by atoms with Crippen LogP contribution in [0.4, 0.5) is 0 Å².